The average Bonchev–Trinajstić information content (AvgIpc) is 3.80. The van der Waals surface area contributed by atoms with Crippen molar-refractivity contribution in [3.05, 3.63) is 188 Å². The maximum Gasteiger partial charge on any atom is 0.136 e. The number of anilines is 3. The number of furan rings is 1. The Bertz CT molecular complexity index is 3180. The molecule has 0 saturated heterocycles. The second-order valence-electron chi connectivity index (χ2n) is 13.7. The zero-order valence-corrected chi connectivity index (χ0v) is 29.5. The normalized spacial score (nSPS) is 11.8. The van der Waals surface area contributed by atoms with E-state index in [4.69, 9.17) is 4.42 Å². The van der Waals surface area contributed by atoms with Crippen LogP contribution in [0.25, 0.3) is 85.9 Å². The maximum absolute atomic E-state index is 6.23. The minimum absolute atomic E-state index is 0.913. The van der Waals surface area contributed by atoms with Crippen molar-refractivity contribution in [2.75, 3.05) is 4.90 Å². The lowest BCUT2D eigenvalue weighted by molar-refractivity contribution is 0.669. The molecule has 0 amide bonds. The lowest BCUT2D eigenvalue weighted by atomic mass is 9.99. The largest absolute Gasteiger partial charge is 0.456 e. The van der Waals surface area contributed by atoms with E-state index in [0.717, 1.165) is 38.9 Å². The molecule has 0 aliphatic rings. The van der Waals surface area contributed by atoms with Crippen molar-refractivity contribution in [2.24, 2.45) is 0 Å². The molecule has 53 heavy (non-hydrogen) atoms. The Hall–Kier alpha value is -6.68. The number of rotatable bonds is 5. The first-order valence-electron chi connectivity index (χ1n) is 18.0. The van der Waals surface area contributed by atoms with Crippen LogP contribution in [0.5, 0.6) is 0 Å². The monoisotopic (exact) mass is 693 g/mol. The first-order valence-corrected chi connectivity index (χ1v) is 18.8. The Kier molecular flexibility index (Phi) is 6.76. The van der Waals surface area contributed by atoms with Crippen LogP contribution < -0.4 is 4.90 Å². The SMILES string of the molecule is c1ccc(-c2cccc3c2sc2c(N(c4ccc5cc(-c6ccc7c(c6)oc6ccccc67)ccc5c4)c4cccc5ccccc45)cccc23)cc1. The van der Waals surface area contributed by atoms with Gasteiger partial charge in [-0.3, -0.25) is 0 Å². The predicted molar refractivity (Wildman–Crippen MR) is 227 cm³/mol. The summed E-state index contributed by atoms with van der Waals surface area (Å²) in [5.41, 5.74) is 10.1. The van der Waals surface area contributed by atoms with Crippen molar-refractivity contribution < 1.29 is 4.42 Å². The number of thiophene rings is 1. The van der Waals surface area contributed by atoms with Crippen LogP contribution in [0, 0.1) is 0 Å². The van der Waals surface area contributed by atoms with E-state index in [0.29, 0.717) is 0 Å². The lowest BCUT2D eigenvalue weighted by Crippen LogP contribution is -2.10. The van der Waals surface area contributed by atoms with E-state index in [1.54, 1.807) is 0 Å². The fraction of sp³-hybridized carbons (Fsp3) is 0. The van der Waals surface area contributed by atoms with Gasteiger partial charge in [0.1, 0.15) is 11.2 Å². The van der Waals surface area contributed by atoms with Crippen LogP contribution in [0.1, 0.15) is 0 Å². The van der Waals surface area contributed by atoms with Crippen LogP contribution in [-0.4, -0.2) is 0 Å². The van der Waals surface area contributed by atoms with Crippen LogP contribution in [-0.2, 0) is 0 Å². The van der Waals surface area contributed by atoms with Gasteiger partial charge in [-0.2, -0.15) is 0 Å². The highest BCUT2D eigenvalue weighted by Crippen LogP contribution is 2.48. The third-order valence-corrected chi connectivity index (χ3v) is 11.9. The summed E-state index contributed by atoms with van der Waals surface area (Å²) in [6.07, 6.45) is 0. The Morgan fingerprint density at radius 3 is 1.92 bits per heavy atom. The number of nitrogens with zero attached hydrogens (tertiary/aromatic N) is 1. The van der Waals surface area contributed by atoms with E-state index in [-0.39, 0.29) is 0 Å². The van der Waals surface area contributed by atoms with Crippen molar-refractivity contribution in [3.8, 4) is 22.3 Å². The molecule has 0 bridgehead atoms. The molecule has 248 valence electrons. The summed E-state index contributed by atoms with van der Waals surface area (Å²) in [7, 11) is 0. The average molecular weight is 694 g/mol. The molecule has 0 atom stereocenters. The molecule has 0 aliphatic heterocycles. The number of hydrogen-bond acceptors (Lipinski definition) is 3. The van der Waals surface area contributed by atoms with E-state index in [1.807, 2.05) is 23.5 Å². The Balaban J connectivity index is 1.09. The first-order chi connectivity index (χ1) is 26.3. The van der Waals surface area contributed by atoms with Crippen molar-refractivity contribution in [2.45, 2.75) is 0 Å². The number of para-hydroxylation sites is 1. The molecule has 3 heteroatoms. The predicted octanol–water partition coefficient (Wildman–Crippen LogP) is 15.1. The standard InChI is InChI=1S/C50H31NOS/c1-2-11-33(12-3-1)40-17-9-18-43-44-19-10-21-46(50(44)53-49(40)43)51(45-20-8-14-32-13-4-5-15-39(32)45)38-27-25-35-29-34(23-24-36(35)30-38)37-26-28-42-41-16-6-7-22-47(41)52-48(42)31-37/h1-31H. The fourth-order valence-electron chi connectivity index (χ4n) is 8.09. The van der Waals surface area contributed by atoms with Gasteiger partial charge in [-0.05, 0) is 86.9 Å². The van der Waals surface area contributed by atoms with Gasteiger partial charge in [0, 0.05) is 37.3 Å². The zero-order valence-electron chi connectivity index (χ0n) is 28.7. The fourth-order valence-corrected chi connectivity index (χ4v) is 9.43. The number of fused-ring (bicyclic) bond motifs is 8. The van der Waals surface area contributed by atoms with Crippen LogP contribution in [0.15, 0.2) is 192 Å². The van der Waals surface area contributed by atoms with Crippen LogP contribution in [0.2, 0.25) is 0 Å². The van der Waals surface area contributed by atoms with Gasteiger partial charge in [0.15, 0.2) is 0 Å². The molecule has 0 spiro atoms. The molecule has 0 fully saturated rings. The summed E-state index contributed by atoms with van der Waals surface area (Å²) >= 11 is 1.89. The Labute approximate surface area is 310 Å². The first kappa shape index (κ1) is 30.0. The molecule has 0 unspecified atom stereocenters. The van der Waals surface area contributed by atoms with Gasteiger partial charge in [-0.1, -0.05) is 140 Å². The van der Waals surface area contributed by atoms with Crippen molar-refractivity contribution in [1.29, 1.82) is 0 Å². The molecule has 0 aliphatic carbocycles. The van der Waals surface area contributed by atoms with Crippen LogP contribution >= 0.6 is 11.3 Å². The maximum atomic E-state index is 6.23. The molecule has 0 saturated carbocycles. The Morgan fingerprint density at radius 1 is 0.358 bits per heavy atom. The third-order valence-electron chi connectivity index (χ3n) is 10.6. The minimum Gasteiger partial charge on any atom is -0.456 e. The molecule has 0 radical (unpaired) electrons. The lowest BCUT2D eigenvalue weighted by Gasteiger charge is -2.27. The summed E-state index contributed by atoms with van der Waals surface area (Å²) in [4.78, 5) is 2.46. The highest BCUT2D eigenvalue weighted by molar-refractivity contribution is 7.27. The smallest absolute Gasteiger partial charge is 0.136 e. The van der Waals surface area contributed by atoms with Crippen LogP contribution in [0.4, 0.5) is 17.1 Å². The highest BCUT2D eigenvalue weighted by Gasteiger charge is 2.21. The van der Waals surface area contributed by atoms with Gasteiger partial charge in [0.2, 0.25) is 0 Å². The summed E-state index contributed by atoms with van der Waals surface area (Å²) in [6, 6.07) is 68.0. The summed E-state index contributed by atoms with van der Waals surface area (Å²) < 4.78 is 8.82. The summed E-state index contributed by atoms with van der Waals surface area (Å²) in [5.74, 6) is 0. The highest BCUT2D eigenvalue weighted by atomic mass is 32.1. The second-order valence-corrected chi connectivity index (χ2v) is 14.7. The van der Waals surface area contributed by atoms with Gasteiger partial charge in [0.05, 0.1) is 16.1 Å². The second kappa shape index (κ2) is 11.9. The molecule has 11 aromatic rings. The van der Waals surface area contributed by atoms with Gasteiger partial charge in [-0.25, -0.2) is 0 Å². The van der Waals surface area contributed by atoms with Crippen molar-refractivity contribution in [3.63, 3.8) is 0 Å². The molecule has 9 aromatic carbocycles. The molecule has 2 aromatic heterocycles. The zero-order chi connectivity index (χ0) is 34.9. The summed E-state index contributed by atoms with van der Waals surface area (Å²) in [5, 5.41) is 9.69. The van der Waals surface area contributed by atoms with Gasteiger partial charge < -0.3 is 9.32 Å². The third kappa shape index (κ3) is 4.86. The van der Waals surface area contributed by atoms with E-state index in [9.17, 15) is 0 Å². The van der Waals surface area contributed by atoms with Gasteiger partial charge >= 0.3 is 0 Å². The van der Waals surface area contributed by atoms with E-state index in [1.165, 1.54) is 64.1 Å². The van der Waals surface area contributed by atoms with E-state index >= 15 is 0 Å². The summed E-state index contributed by atoms with van der Waals surface area (Å²) in [6.45, 7) is 0. The topological polar surface area (TPSA) is 16.4 Å². The molecule has 0 N–H and O–H groups in total. The van der Waals surface area contributed by atoms with Crippen molar-refractivity contribution >= 4 is 92.1 Å². The quantitative estimate of drug-likeness (QED) is 0.178. The Morgan fingerprint density at radius 2 is 1.00 bits per heavy atom. The van der Waals surface area contributed by atoms with E-state index in [2.05, 4.69) is 181 Å². The number of benzene rings is 9. The van der Waals surface area contributed by atoms with E-state index < -0.39 is 0 Å². The molecule has 2 heterocycles. The van der Waals surface area contributed by atoms with Crippen molar-refractivity contribution in [1.82, 2.24) is 0 Å². The molecule has 2 nitrogen and oxygen atoms in total. The van der Waals surface area contributed by atoms with Crippen LogP contribution in [0.3, 0.4) is 0 Å². The molecule has 11 rings (SSSR count). The molecular formula is C50H31NOS. The number of hydrogen-bond donors (Lipinski definition) is 0. The van der Waals surface area contributed by atoms with Gasteiger partial charge in [0.25, 0.3) is 0 Å². The van der Waals surface area contributed by atoms with Gasteiger partial charge in [-0.15, -0.1) is 11.3 Å². The molecular weight excluding hydrogens is 663 g/mol. The minimum atomic E-state index is 0.913.